The molecule has 1 unspecified atom stereocenters. The summed E-state index contributed by atoms with van der Waals surface area (Å²) in [6.07, 6.45) is 6.89. The van der Waals surface area contributed by atoms with E-state index >= 15 is 0 Å². The van der Waals surface area contributed by atoms with Crippen LogP contribution in [0.3, 0.4) is 0 Å². The van der Waals surface area contributed by atoms with E-state index in [1.807, 2.05) is 6.07 Å². The molecule has 2 N–H and O–H groups in total. The Morgan fingerprint density at radius 3 is 2.56 bits per heavy atom. The highest BCUT2D eigenvalue weighted by atomic mass is 16.5. The lowest BCUT2D eigenvalue weighted by Gasteiger charge is -2.33. The van der Waals surface area contributed by atoms with Crippen molar-refractivity contribution in [2.45, 2.75) is 44.6 Å². The summed E-state index contributed by atoms with van der Waals surface area (Å²) in [6, 6.07) is 4.27. The zero-order valence-electron chi connectivity index (χ0n) is 22.1. The van der Waals surface area contributed by atoms with Crippen LogP contribution in [0.5, 0.6) is 11.5 Å². The summed E-state index contributed by atoms with van der Waals surface area (Å²) in [7, 11) is 3.89. The van der Waals surface area contributed by atoms with Gasteiger partial charge in [0, 0.05) is 56.8 Å². The molecule has 3 fully saturated rings. The van der Waals surface area contributed by atoms with E-state index in [2.05, 4.69) is 32.7 Å². The van der Waals surface area contributed by atoms with Gasteiger partial charge in [-0.05, 0) is 71.3 Å². The first-order chi connectivity index (χ1) is 17.6. The Labute approximate surface area is 215 Å². The number of anilines is 2. The monoisotopic (exact) mass is 497 g/mol. The zero-order chi connectivity index (χ0) is 24.9. The van der Waals surface area contributed by atoms with E-state index in [-0.39, 0.29) is 6.04 Å². The molecule has 0 radical (unpaired) electrons. The number of ether oxygens (including phenoxy) is 2. The molecule has 9 nitrogen and oxygen atoms in total. The van der Waals surface area contributed by atoms with Gasteiger partial charge in [0.15, 0.2) is 11.5 Å². The highest BCUT2D eigenvalue weighted by molar-refractivity contribution is 5.93. The number of nitrogens with zero attached hydrogens (tertiary/aromatic N) is 6. The molecule has 36 heavy (non-hydrogen) atoms. The fourth-order valence-corrected chi connectivity index (χ4v) is 5.69. The van der Waals surface area contributed by atoms with Crippen molar-refractivity contribution in [1.82, 2.24) is 19.8 Å². The summed E-state index contributed by atoms with van der Waals surface area (Å²) >= 11 is 0. The Morgan fingerprint density at radius 1 is 0.917 bits per heavy atom. The average Bonchev–Trinajstić information content (AvgIpc) is 3.31. The van der Waals surface area contributed by atoms with E-state index in [9.17, 15) is 0 Å². The van der Waals surface area contributed by atoms with Crippen LogP contribution in [-0.4, -0.2) is 105 Å². The predicted octanol–water partition coefficient (Wildman–Crippen LogP) is 2.57. The molecule has 3 aliphatic rings. The molecule has 1 aromatic carbocycles. The van der Waals surface area contributed by atoms with Crippen LogP contribution < -0.4 is 25.0 Å². The van der Waals surface area contributed by atoms with Gasteiger partial charge >= 0.3 is 0 Å². The van der Waals surface area contributed by atoms with Crippen molar-refractivity contribution in [2.24, 2.45) is 5.73 Å². The van der Waals surface area contributed by atoms with E-state index in [0.717, 1.165) is 106 Å². The maximum Gasteiger partial charge on any atom is 0.227 e. The highest BCUT2D eigenvalue weighted by Gasteiger charge is 2.24. The number of aromatic nitrogens is 2. The molecule has 0 spiro atoms. The summed E-state index contributed by atoms with van der Waals surface area (Å²) in [5.41, 5.74) is 7.27. The van der Waals surface area contributed by atoms with Crippen LogP contribution >= 0.6 is 0 Å². The number of hydrogen-bond acceptors (Lipinski definition) is 9. The van der Waals surface area contributed by atoms with Gasteiger partial charge in [0.1, 0.15) is 5.82 Å². The quantitative estimate of drug-likeness (QED) is 0.553. The number of rotatable bonds is 8. The van der Waals surface area contributed by atoms with Crippen molar-refractivity contribution in [2.75, 3.05) is 89.5 Å². The van der Waals surface area contributed by atoms with Crippen LogP contribution in [0.4, 0.5) is 11.8 Å². The minimum Gasteiger partial charge on any atom is -0.493 e. The lowest BCUT2D eigenvalue weighted by Crippen LogP contribution is -2.43. The molecule has 3 saturated heterocycles. The number of benzene rings is 1. The normalized spacial score (nSPS) is 22.2. The van der Waals surface area contributed by atoms with Crippen molar-refractivity contribution in [3.05, 3.63) is 12.1 Å². The smallest absolute Gasteiger partial charge is 0.227 e. The van der Waals surface area contributed by atoms with Gasteiger partial charge in [0.2, 0.25) is 5.95 Å². The van der Waals surface area contributed by atoms with Gasteiger partial charge in [0.05, 0.1) is 19.2 Å². The molecule has 2 aromatic rings. The Morgan fingerprint density at radius 2 is 1.75 bits per heavy atom. The molecule has 0 bridgehead atoms. The minimum atomic E-state index is 0.166. The second-order valence-corrected chi connectivity index (χ2v) is 10.6. The van der Waals surface area contributed by atoms with E-state index in [0.29, 0.717) is 6.61 Å². The van der Waals surface area contributed by atoms with Crippen LogP contribution in [0.2, 0.25) is 0 Å². The number of methoxy groups -OCH3 is 1. The van der Waals surface area contributed by atoms with E-state index < -0.39 is 0 Å². The molecule has 4 heterocycles. The topological polar surface area (TPSA) is 83.2 Å². The number of hydrogen-bond donors (Lipinski definition) is 1. The van der Waals surface area contributed by atoms with Crippen molar-refractivity contribution >= 4 is 22.7 Å². The second-order valence-electron chi connectivity index (χ2n) is 10.6. The number of fused-ring (bicyclic) bond motifs is 1. The molecule has 0 saturated carbocycles. The molecule has 3 aliphatic heterocycles. The maximum atomic E-state index is 6.37. The third-order valence-corrected chi connectivity index (χ3v) is 7.78. The van der Waals surface area contributed by atoms with Crippen LogP contribution in [0, 0.1) is 0 Å². The van der Waals surface area contributed by atoms with Crippen molar-refractivity contribution < 1.29 is 9.47 Å². The van der Waals surface area contributed by atoms with Crippen molar-refractivity contribution in [1.29, 1.82) is 0 Å². The summed E-state index contributed by atoms with van der Waals surface area (Å²) in [4.78, 5) is 19.8. The molecule has 9 heteroatoms. The lowest BCUT2D eigenvalue weighted by molar-refractivity contribution is 0.254. The molecule has 1 atom stereocenters. The standard InChI is InChI=1S/C27H43N7O2/c1-31-9-6-14-33(16-15-31)27-29-23-19-25(36-17-7-12-32-10-3-4-11-32)24(35-2)18-22(23)26(30-27)34-13-5-8-21(28)20-34/h18-19,21H,3-17,20,28H2,1-2H3. The maximum absolute atomic E-state index is 6.37. The number of nitrogens with two attached hydrogens (primary N) is 1. The van der Waals surface area contributed by atoms with Crippen LogP contribution in [-0.2, 0) is 0 Å². The molecular weight excluding hydrogens is 454 g/mol. The van der Waals surface area contributed by atoms with Crippen LogP contribution in [0.1, 0.15) is 38.5 Å². The molecular formula is C27H43N7O2. The largest absolute Gasteiger partial charge is 0.493 e. The molecule has 198 valence electrons. The summed E-state index contributed by atoms with van der Waals surface area (Å²) in [5, 5.41) is 1.00. The van der Waals surface area contributed by atoms with Crippen molar-refractivity contribution in [3.63, 3.8) is 0 Å². The molecule has 1 aromatic heterocycles. The number of piperidine rings is 1. The van der Waals surface area contributed by atoms with Gasteiger partial charge < -0.3 is 34.8 Å². The van der Waals surface area contributed by atoms with Gasteiger partial charge in [-0.25, -0.2) is 4.98 Å². The molecule has 0 amide bonds. The minimum absolute atomic E-state index is 0.166. The Kier molecular flexibility index (Phi) is 8.29. The lowest BCUT2D eigenvalue weighted by atomic mass is 10.1. The summed E-state index contributed by atoms with van der Waals surface area (Å²) in [5.74, 6) is 3.26. The molecule has 5 rings (SSSR count). The first kappa shape index (κ1) is 25.3. The average molecular weight is 498 g/mol. The first-order valence-corrected chi connectivity index (χ1v) is 13.8. The van der Waals surface area contributed by atoms with Gasteiger partial charge in [-0.3, -0.25) is 0 Å². The van der Waals surface area contributed by atoms with Gasteiger partial charge in [-0.2, -0.15) is 4.98 Å². The summed E-state index contributed by atoms with van der Waals surface area (Å²) < 4.78 is 12.0. The Hall–Kier alpha value is -2.36. The highest BCUT2D eigenvalue weighted by Crippen LogP contribution is 2.37. The van der Waals surface area contributed by atoms with Gasteiger partial charge in [0.25, 0.3) is 0 Å². The fraction of sp³-hybridized carbons (Fsp3) is 0.704. The van der Waals surface area contributed by atoms with Gasteiger partial charge in [-0.15, -0.1) is 0 Å². The van der Waals surface area contributed by atoms with Crippen molar-refractivity contribution in [3.8, 4) is 11.5 Å². The fourth-order valence-electron chi connectivity index (χ4n) is 5.69. The number of likely N-dealkylation sites (tertiary alicyclic amines) is 1. The van der Waals surface area contributed by atoms with Crippen LogP contribution in [0.25, 0.3) is 10.9 Å². The van der Waals surface area contributed by atoms with Crippen LogP contribution in [0.15, 0.2) is 12.1 Å². The third-order valence-electron chi connectivity index (χ3n) is 7.78. The number of likely N-dealkylation sites (N-methyl/N-ethyl adjacent to an activating group) is 1. The van der Waals surface area contributed by atoms with E-state index in [4.69, 9.17) is 25.2 Å². The predicted molar refractivity (Wildman–Crippen MR) is 146 cm³/mol. The third kappa shape index (κ3) is 5.95. The first-order valence-electron chi connectivity index (χ1n) is 13.8. The van der Waals surface area contributed by atoms with Gasteiger partial charge in [-0.1, -0.05) is 0 Å². The zero-order valence-corrected chi connectivity index (χ0v) is 22.1. The van der Waals surface area contributed by atoms with E-state index in [1.165, 1.54) is 25.9 Å². The Balaban J connectivity index is 1.44. The SMILES string of the molecule is COc1cc2c(N3CCCC(N)C3)nc(N3CCCN(C)CC3)nc2cc1OCCCN1CCCC1. The van der Waals surface area contributed by atoms with E-state index in [1.54, 1.807) is 7.11 Å². The second kappa shape index (κ2) is 11.8. The molecule has 0 aliphatic carbocycles. The Bertz CT molecular complexity index is 1010. The summed E-state index contributed by atoms with van der Waals surface area (Å²) in [6.45, 7) is 9.96.